The van der Waals surface area contributed by atoms with Crippen LogP contribution in [-0.4, -0.2) is 45.3 Å². The molecule has 0 radical (unpaired) electrons. The summed E-state index contributed by atoms with van der Waals surface area (Å²) < 4.78 is 15.4. The molecular weight excluding hydrogens is 331 g/mol. The lowest BCUT2D eigenvalue weighted by Crippen LogP contribution is -2.50. The molecule has 138 valence electrons. The van der Waals surface area contributed by atoms with Crippen LogP contribution >= 0.6 is 0 Å². The Morgan fingerprint density at radius 3 is 2.92 bits per heavy atom. The van der Waals surface area contributed by atoms with Gasteiger partial charge in [0.15, 0.2) is 0 Å². The summed E-state index contributed by atoms with van der Waals surface area (Å²) in [5.41, 5.74) is 0.892. The van der Waals surface area contributed by atoms with Crippen molar-refractivity contribution in [2.75, 3.05) is 18.0 Å². The van der Waals surface area contributed by atoms with Crippen molar-refractivity contribution in [3.8, 4) is 0 Å². The van der Waals surface area contributed by atoms with Crippen molar-refractivity contribution in [1.29, 1.82) is 0 Å². The van der Waals surface area contributed by atoms with E-state index in [-0.39, 0.29) is 17.3 Å². The van der Waals surface area contributed by atoms with Crippen molar-refractivity contribution in [1.82, 2.24) is 14.7 Å². The summed E-state index contributed by atoms with van der Waals surface area (Å²) in [6.45, 7) is 6.23. The van der Waals surface area contributed by atoms with E-state index in [1.165, 1.54) is 6.07 Å². The maximum Gasteiger partial charge on any atom is 0.244 e. The number of piperidine rings is 1. The highest BCUT2D eigenvalue weighted by molar-refractivity contribution is 5.76. The zero-order chi connectivity index (χ0) is 18.3. The minimum absolute atomic E-state index is 0.0514. The summed E-state index contributed by atoms with van der Waals surface area (Å²) in [5, 5.41) is 4.13. The van der Waals surface area contributed by atoms with Crippen molar-refractivity contribution < 1.29 is 9.18 Å². The molecule has 0 N–H and O–H groups in total. The molecular formula is C20H25FN4O. The lowest BCUT2D eigenvalue weighted by molar-refractivity contribution is -0.133. The standard InChI is InChI=1S/C20H25FN4O/c1-20(2)12-15-13-23(19(26)14-24-9-4-8-22-24)10-7-18(15)25(20)17-6-3-5-16(21)11-17/h3-6,8-9,11,15,18H,7,10,12-14H2,1-2H3/t15-,18+/m1/s1. The third-order valence-corrected chi connectivity index (χ3v) is 5.73. The average Bonchev–Trinajstić information content (AvgIpc) is 3.17. The lowest BCUT2D eigenvalue weighted by Gasteiger charge is -2.41. The van der Waals surface area contributed by atoms with Crippen LogP contribution in [0.2, 0.25) is 0 Å². The number of amides is 1. The van der Waals surface area contributed by atoms with E-state index in [4.69, 9.17) is 0 Å². The van der Waals surface area contributed by atoms with Crippen LogP contribution in [0.25, 0.3) is 0 Å². The highest BCUT2D eigenvalue weighted by Gasteiger charge is 2.48. The van der Waals surface area contributed by atoms with Gasteiger partial charge in [-0.25, -0.2) is 4.39 Å². The summed E-state index contributed by atoms with van der Waals surface area (Å²) >= 11 is 0. The molecule has 0 saturated carbocycles. The lowest BCUT2D eigenvalue weighted by atomic mass is 9.90. The molecule has 1 aromatic carbocycles. The van der Waals surface area contributed by atoms with E-state index < -0.39 is 0 Å². The molecule has 0 aliphatic carbocycles. The number of nitrogens with zero attached hydrogens (tertiary/aromatic N) is 4. The number of carbonyl (C=O) groups excluding carboxylic acids is 1. The number of carbonyl (C=O) groups is 1. The first-order chi connectivity index (χ1) is 12.4. The van der Waals surface area contributed by atoms with E-state index in [2.05, 4.69) is 23.8 Å². The molecule has 1 amide bonds. The van der Waals surface area contributed by atoms with Crippen LogP contribution in [0.1, 0.15) is 26.7 Å². The molecule has 2 saturated heterocycles. The first-order valence-corrected chi connectivity index (χ1v) is 9.24. The van der Waals surface area contributed by atoms with Gasteiger partial charge < -0.3 is 9.80 Å². The van der Waals surface area contributed by atoms with Crippen molar-refractivity contribution >= 4 is 11.6 Å². The fourth-order valence-electron chi connectivity index (χ4n) is 4.78. The van der Waals surface area contributed by atoms with E-state index in [0.29, 0.717) is 18.5 Å². The predicted octanol–water partition coefficient (Wildman–Crippen LogP) is 2.93. The molecule has 6 heteroatoms. The molecule has 2 atom stereocenters. The molecule has 0 unspecified atom stereocenters. The van der Waals surface area contributed by atoms with Crippen LogP contribution in [0.15, 0.2) is 42.7 Å². The Balaban J connectivity index is 1.50. The van der Waals surface area contributed by atoms with Gasteiger partial charge in [-0.2, -0.15) is 5.10 Å². The van der Waals surface area contributed by atoms with E-state index in [1.807, 2.05) is 23.2 Å². The number of rotatable bonds is 3. The van der Waals surface area contributed by atoms with Gasteiger partial charge >= 0.3 is 0 Å². The fourth-order valence-corrected chi connectivity index (χ4v) is 4.78. The van der Waals surface area contributed by atoms with E-state index in [0.717, 1.165) is 31.6 Å². The van der Waals surface area contributed by atoms with Crippen molar-refractivity contribution in [3.05, 3.63) is 48.5 Å². The number of likely N-dealkylation sites (tertiary alicyclic amines) is 1. The molecule has 26 heavy (non-hydrogen) atoms. The summed E-state index contributed by atoms with van der Waals surface area (Å²) in [7, 11) is 0. The Morgan fingerprint density at radius 2 is 2.19 bits per heavy atom. The molecule has 2 fully saturated rings. The number of aromatic nitrogens is 2. The van der Waals surface area contributed by atoms with Gasteiger partial charge in [0.2, 0.25) is 5.91 Å². The zero-order valence-corrected chi connectivity index (χ0v) is 15.3. The predicted molar refractivity (Wildman–Crippen MR) is 98.3 cm³/mol. The number of halogens is 1. The highest BCUT2D eigenvalue weighted by atomic mass is 19.1. The second-order valence-corrected chi connectivity index (χ2v) is 8.03. The molecule has 5 nitrogen and oxygen atoms in total. The van der Waals surface area contributed by atoms with Crippen LogP contribution < -0.4 is 4.90 Å². The second-order valence-electron chi connectivity index (χ2n) is 8.03. The van der Waals surface area contributed by atoms with Gasteiger partial charge in [0.25, 0.3) is 0 Å². The van der Waals surface area contributed by atoms with Gasteiger partial charge in [-0.15, -0.1) is 0 Å². The molecule has 0 bridgehead atoms. The third-order valence-electron chi connectivity index (χ3n) is 5.73. The quantitative estimate of drug-likeness (QED) is 0.849. The van der Waals surface area contributed by atoms with Gasteiger partial charge in [-0.05, 0) is 56.9 Å². The Labute approximate surface area is 153 Å². The Hall–Kier alpha value is -2.37. The Kier molecular flexibility index (Phi) is 4.21. The molecule has 2 aliphatic heterocycles. The molecule has 2 aromatic rings. The van der Waals surface area contributed by atoms with Gasteiger partial charge in [-0.1, -0.05) is 6.07 Å². The summed E-state index contributed by atoms with van der Waals surface area (Å²) in [6, 6.07) is 9.05. The van der Waals surface area contributed by atoms with E-state index >= 15 is 0 Å². The molecule has 0 spiro atoms. The molecule has 2 aliphatic rings. The first-order valence-electron chi connectivity index (χ1n) is 9.24. The second kappa shape index (κ2) is 6.41. The summed E-state index contributed by atoms with van der Waals surface area (Å²) in [4.78, 5) is 17.0. The fraction of sp³-hybridized carbons (Fsp3) is 0.500. The highest BCUT2D eigenvalue weighted by Crippen LogP contribution is 2.44. The van der Waals surface area contributed by atoms with Crippen LogP contribution in [0, 0.1) is 11.7 Å². The number of benzene rings is 1. The van der Waals surface area contributed by atoms with E-state index in [9.17, 15) is 9.18 Å². The monoisotopic (exact) mass is 356 g/mol. The van der Waals surface area contributed by atoms with Crippen molar-refractivity contribution in [2.45, 2.75) is 44.8 Å². The maximum absolute atomic E-state index is 13.8. The van der Waals surface area contributed by atoms with Gasteiger partial charge in [0.1, 0.15) is 12.4 Å². The van der Waals surface area contributed by atoms with Crippen molar-refractivity contribution in [2.24, 2.45) is 5.92 Å². The van der Waals surface area contributed by atoms with Crippen LogP contribution in [0.5, 0.6) is 0 Å². The largest absolute Gasteiger partial charge is 0.363 e. The summed E-state index contributed by atoms with van der Waals surface area (Å²) in [6.07, 6.45) is 5.42. The van der Waals surface area contributed by atoms with Crippen LogP contribution in [-0.2, 0) is 11.3 Å². The van der Waals surface area contributed by atoms with Crippen LogP contribution in [0.3, 0.4) is 0 Å². The SMILES string of the molecule is CC1(C)C[C@@H]2CN(C(=O)Cn3cccn3)CC[C@@H]2N1c1cccc(F)c1. The number of hydrogen-bond acceptors (Lipinski definition) is 3. The zero-order valence-electron chi connectivity index (χ0n) is 15.3. The van der Waals surface area contributed by atoms with Gasteiger partial charge in [0.05, 0.1) is 0 Å². The number of anilines is 1. The topological polar surface area (TPSA) is 41.4 Å². The molecule has 4 rings (SSSR count). The molecule has 1 aromatic heterocycles. The maximum atomic E-state index is 13.8. The van der Waals surface area contributed by atoms with Gasteiger partial charge in [0, 0.05) is 42.8 Å². The molecule has 3 heterocycles. The third kappa shape index (κ3) is 3.08. The minimum Gasteiger partial charge on any atom is -0.363 e. The van der Waals surface area contributed by atoms with Gasteiger partial charge in [-0.3, -0.25) is 9.48 Å². The average molecular weight is 356 g/mol. The van der Waals surface area contributed by atoms with Crippen LogP contribution in [0.4, 0.5) is 10.1 Å². The first kappa shape index (κ1) is 17.1. The Bertz CT molecular complexity index is 789. The smallest absolute Gasteiger partial charge is 0.244 e. The Morgan fingerprint density at radius 1 is 1.35 bits per heavy atom. The van der Waals surface area contributed by atoms with Crippen molar-refractivity contribution in [3.63, 3.8) is 0 Å². The normalized spacial score (nSPS) is 24.6. The minimum atomic E-state index is -0.200. The number of fused-ring (bicyclic) bond motifs is 1. The van der Waals surface area contributed by atoms with E-state index in [1.54, 1.807) is 23.0 Å². The number of hydrogen-bond donors (Lipinski definition) is 0. The summed E-state index contributed by atoms with van der Waals surface area (Å²) in [5.74, 6) is 0.325.